The summed E-state index contributed by atoms with van der Waals surface area (Å²) in [6, 6.07) is 2.34. The zero-order valence-electron chi connectivity index (χ0n) is 10.4. The van der Waals surface area contributed by atoms with Gasteiger partial charge in [0.2, 0.25) is 5.91 Å². The number of anilines is 2. The van der Waals surface area contributed by atoms with Crippen molar-refractivity contribution in [3.63, 3.8) is 0 Å². The summed E-state index contributed by atoms with van der Waals surface area (Å²) in [5.74, 6) is -0.799. The molecular formula is C11H10F4N2O3S. The van der Waals surface area contributed by atoms with Crippen molar-refractivity contribution in [1.82, 2.24) is 0 Å². The molecule has 0 radical (unpaired) electrons. The highest BCUT2D eigenvalue weighted by atomic mass is 32.3. The minimum Gasteiger partial charge on any atom is -0.397 e. The first-order valence-corrected chi connectivity index (χ1v) is 7.15. The molecule has 1 saturated heterocycles. The number of amides is 1. The molecule has 1 aliphatic rings. The van der Waals surface area contributed by atoms with Crippen LogP contribution in [0.15, 0.2) is 18.2 Å². The van der Waals surface area contributed by atoms with Crippen LogP contribution in [-0.2, 0) is 21.2 Å². The molecule has 0 aromatic heterocycles. The number of nitrogens with two attached hydrogens (primary N) is 1. The number of carbonyl (C=O) groups excluding carboxylic acids is 1. The number of nitrogens with zero attached hydrogens (tertiary/aromatic N) is 1. The van der Waals surface area contributed by atoms with Gasteiger partial charge in [0.1, 0.15) is 5.25 Å². The van der Waals surface area contributed by atoms with Gasteiger partial charge >= 0.3 is 16.4 Å². The molecule has 0 bridgehead atoms. The van der Waals surface area contributed by atoms with Gasteiger partial charge in [-0.1, -0.05) is 0 Å². The van der Waals surface area contributed by atoms with Gasteiger partial charge < -0.3 is 10.6 Å². The first kappa shape index (κ1) is 15.5. The molecule has 2 N–H and O–H groups in total. The highest BCUT2D eigenvalue weighted by Crippen LogP contribution is 2.36. The maximum atomic E-state index is 12.9. The number of rotatable bonds is 2. The fourth-order valence-corrected chi connectivity index (χ4v) is 2.72. The highest BCUT2D eigenvalue weighted by Gasteiger charge is 2.40. The second kappa shape index (κ2) is 4.86. The third-order valence-corrected chi connectivity index (χ3v) is 4.25. The number of nitrogen functional groups attached to an aromatic ring is 1. The molecule has 0 aliphatic carbocycles. The molecule has 1 atom stereocenters. The summed E-state index contributed by atoms with van der Waals surface area (Å²) in [6.07, 6.45) is -5.27. The Morgan fingerprint density at radius 3 is 2.38 bits per heavy atom. The van der Waals surface area contributed by atoms with Gasteiger partial charge in [0, 0.05) is 13.0 Å². The third-order valence-electron chi connectivity index (χ3n) is 3.14. The van der Waals surface area contributed by atoms with Crippen LogP contribution in [0.25, 0.3) is 0 Å². The molecule has 1 fully saturated rings. The smallest absolute Gasteiger partial charge is 0.397 e. The van der Waals surface area contributed by atoms with Crippen LogP contribution in [0.5, 0.6) is 0 Å². The van der Waals surface area contributed by atoms with Gasteiger partial charge in [-0.2, -0.15) is 21.6 Å². The van der Waals surface area contributed by atoms with Gasteiger partial charge in [-0.15, -0.1) is 3.89 Å². The Bertz CT molecular complexity index is 687. The average Bonchev–Trinajstić information content (AvgIpc) is 2.70. The van der Waals surface area contributed by atoms with E-state index in [1.165, 1.54) is 0 Å². The van der Waals surface area contributed by atoms with Gasteiger partial charge in [-0.05, 0) is 18.2 Å². The predicted octanol–water partition coefficient (Wildman–Crippen LogP) is 1.69. The number of hydrogen-bond acceptors (Lipinski definition) is 4. The Morgan fingerprint density at radius 2 is 1.90 bits per heavy atom. The van der Waals surface area contributed by atoms with Crippen LogP contribution < -0.4 is 10.6 Å². The minimum absolute atomic E-state index is 0.131. The lowest BCUT2D eigenvalue weighted by Gasteiger charge is -2.20. The van der Waals surface area contributed by atoms with Crippen LogP contribution in [0.1, 0.15) is 12.0 Å². The Hall–Kier alpha value is -1.84. The molecular weight excluding hydrogens is 316 g/mol. The maximum absolute atomic E-state index is 12.9. The lowest BCUT2D eigenvalue weighted by Crippen LogP contribution is -2.28. The van der Waals surface area contributed by atoms with Gasteiger partial charge in [0.15, 0.2) is 0 Å². The number of carbonyl (C=O) groups is 1. The quantitative estimate of drug-likeness (QED) is 0.509. The molecule has 1 amide bonds. The molecule has 0 spiro atoms. The van der Waals surface area contributed by atoms with Crippen LogP contribution in [-0.4, -0.2) is 26.1 Å². The molecule has 1 unspecified atom stereocenters. The van der Waals surface area contributed by atoms with Crippen LogP contribution >= 0.6 is 0 Å². The number of halogens is 4. The molecule has 0 saturated carbocycles. The Balaban J connectivity index is 2.41. The van der Waals surface area contributed by atoms with Crippen molar-refractivity contribution in [2.45, 2.75) is 17.8 Å². The molecule has 1 aromatic rings. The third kappa shape index (κ3) is 3.09. The molecule has 2 rings (SSSR count). The monoisotopic (exact) mass is 326 g/mol. The Labute approximate surface area is 117 Å². The van der Waals surface area contributed by atoms with Crippen LogP contribution in [0, 0.1) is 0 Å². The first-order valence-electron chi connectivity index (χ1n) is 5.70. The van der Waals surface area contributed by atoms with E-state index in [-0.39, 0.29) is 11.4 Å². The van der Waals surface area contributed by atoms with E-state index < -0.39 is 46.1 Å². The Morgan fingerprint density at radius 1 is 1.29 bits per heavy atom. The standard InChI is InChI=1S/C11H10F4N2O3S/c12-11(13,14)6-1-2-8(16)9(3-6)17-5-7(4-10(17)18)21(15,19)20/h1-3,7H,4-5,16H2. The molecule has 1 aliphatic heterocycles. The summed E-state index contributed by atoms with van der Waals surface area (Å²) in [5, 5.41) is -1.60. The van der Waals surface area contributed by atoms with Crippen LogP contribution in [0.2, 0.25) is 0 Å². The maximum Gasteiger partial charge on any atom is 0.416 e. The Kier molecular flexibility index (Phi) is 3.60. The fraction of sp³-hybridized carbons (Fsp3) is 0.364. The lowest BCUT2D eigenvalue weighted by molar-refractivity contribution is -0.137. The van der Waals surface area contributed by atoms with E-state index in [4.69, 9.17) is 5.73 Å². The summed E-state index contributed by atoms with van der Waals surface area (Å²) < 4.78 is 72.5. The molecule has 10 heteroatoms. The number of alkyl halides is 3. The van der Waals surface area contributed by atoms with Gasteiger partial charge in [-0.25, -0.2) is 0 Å². The summed E-state index contributed by atoms with van der Waals surface area (Å²) in [6.45, 7) is -0.566. The van der Waals surface area contributed by atoms with E-state index in [0.717, 1.165) is 17.0 Å². The summed E-state index contributed by atoms with van der Waals surface area (Å²) >= 11 is 0. The number of benzene rings is 1. The predicted molar refractivity (Wildman–Crippen MR) is 66.6 cm³/mol. The zero-order chi connectivity index (χ0) is 16.0. The largest absolute Gasteiger partial charge is 0.416 e. The second-order valence-electron chi connectivity index (χ2n) is 4.58. The lowest BCUT2D eigenvalue weighted by atomic mass is 10.1. The van der Waals surface area contributed by atoms with Crippen molar-refractivity contribution in [1.29, 1.82) is 0 Å². The normalized spacial score (nSPS) is 20.1. The summed E-state index contributed by atoms with van der Waals surface area (Å²) in [7, 11) is -4.95. The van der Waals surface area contributed by atoms with Gasteiger partial charge in [0.05, 0.1) is 16.9 Å². The topological polar surface area (TPSA) is 80.5 Å². The van der Waals surface area contributed by atoms with Crippen LogP contribution in [0.4, 0.5) is 28.4 Å². The first-order chi connectivity index (χ1) is 9.50. The van der Waals surface area contributed by atoms with E-state index in [1.54, 1.807) is 0 Å². The van der Waals surface area contributed by atoms with Crippen molar-refractivity contribution in [3.8, 4) is 0 Å². The van der Waals surface area contributed by atoms with E-state index in [1.807, 2.05) is 0 Å². The van der Waals surface area contributed by atoms with E-state index in [0.29, 0.717) is 6.07 Å². The van der Waals surface area contributed by atoms with Gasteiger partial charge in [-0.3, -0.25) is 4.79 Å². The van der Waals surface area contributed by atoms with Crippen molar-refractivity contribution in [2.24, 2.45) is 0 Å². The van der Waals surface area contributed by atoms with Crippen molar-refractivity contribution >= 4 is 27.5 Å². The van der Waals surface area contributed by atoms with Crippen molar-refractivity contribution in [3.05, 3.63) is 23.8 Å². The minimum atomic E-state index is -4.95. The van der Waals surface area contributed by atoms with Gasteiger partial charge in [0.25, 0.3) is 0 Å². The summed E-state index contributed by atoms with van der Waals surface area (Å²) in [5.41, 5.74) is 4.08. The summed E-state index contributed by atoms with van der Waals surface area (Å²) in [4.78, 5) is 12.5. The molecule has 1 aromatic carbocycles. The average molecular weight is 326 g/mol. The molecule has 116 valence electrons. The zero-order valence-corrected chi connectivity index (χ0v) is 11.2. The number of hydrogen-bond donors (Lipinski definition) is 1. The molecule has 5 nitrogen and oxygen atoms in total. The fourth-order valence-electron chi connectivity index (χ4n) is 2.05. The van der Waals surface area contributed by atoms with Crippen LogP contribution in [0.3, 0.4) is 0 Å². The molecule has 1 heterocycles. The molecule has 21 heavy (non-hydrogen) atoms. The van der Waals surface area contributed by atoms with Crippen molar-refractivity contribution < 1.29 is 30.3 Å². The van der Waals surface area contributed by atoms with E-state index >= 15 is 0 Å². The second-order valence-corrected chi connectivity index (χ2v) is 6.20. The van der Waals surface area contributed by atoms with Crippen molar-refractivity contribution in [2.75, 3.05) is 17.2 Å². The van der Waals surface area contributed by atoms with E-state index in [2.05, 4.69) is 0 Å². The highest BCUT2D eigenvalue weighted by molar-refractivity contribution is 7.87. The van der Waals surface area contributed by atoms with E-state index in [9.17, 15) is 30.3 Å². The SMILES string of the molecule is Nc1ccc(C(F)(F)F)cc1N1CC(S(=O)(=O)F)CC1=O.